The van der Waals surface area contributed by atoms with E-state index in [0.29, 0.717) is 11.6 Å². The van der Waals surface area contributed by atoms with Crippen LogP contribution >= 0.6 is 11.6 Å². The van der Waals surface area contributed by atoms with Crippen LogP contribution < -0.4 is 4.74 Å². The van der Waals surface area contributed by atoms with E-state index in [9.17, 15) is 9.90 Å². The number of carboxylic acids is 1. The van der Waals surface area contributed by atoms with Crippen LogP contribution in [0, 0.1) is 0 Å². The summed E-state index contributed by atoms with van der Waals surface area (Å²) in [6, 6.07) is 7.27. The van der Waals surface area contributed by atoms with Gasteiger partial charge in [-0.15, -0.1) is 0 Å². The van der Waals surface area contributed by atoms with Gasteiger partial charge in [-0.2, -0.15) is 0 Å². The molecule has 0 radical (unpaired) electrons. The van der Waals surface area contributed by atoms with Gasteiger partial charge < -0.3 is 9.84 Å². The van der Waals surface area contributed by atoms with Crippen LogP contribution in [0.5, 0.6) is 5.75 Å². The Bertz CT molecular complexity index is 477. The molecule has 0 bridgehead atoms. The Labute approximate surface area is 130 Å². The summed E-state index contributed by atoms with van der Waals surface area (Å²) >= 11 is 5.82. The van der Waals surface area contributed by atoms with Crippen molar-refractivity contribution in [3.8, 4) is 5.75 Å². The van der Waals surface area contributed by atoms with Crippen LogP contribution in [0.15, 0.2) is 24.3 Å². The highest BCUT2D eigenvalue weighted by Gasteiger charge is 2.40. The van der Waals surface area contributed by atoms with E-state index < -0.39 is 11.5 Å². The minimum atomic E-state index is -0.724. The van der Waals surface area contributed by atoms with Crippen LogP contribution in [0.4, 0.5) is 0 Å². The quantitative estimate of drug-likeness (QED) is 0.818. The normalized spacial score (nSPS) is 23.0. The molecule has 1 fully saturated rings. The van der Waals surface area contributed by atoms with E-state index in [-0.39, 0.29) is 0 Å². The van der Waals surface area contributed by atoms with Gasteiger partial charge in [-0.1, -0.05) is 11.6 Å². The van der Waals surface area contributed by atoms with Crippen molar-refractivity contribution in [1.29, 1.82) is 0 Å². The summed E-state index contributed by atoms with van der Waals surface area (Å²) < 4.78 is 5.65. The van der Waals surface area contributed by atoms with E-state index in [1.807, 2.05) is 19.1 Å². The maximum atomic E-state index is 11.5. The first-order valence-corrected chi connectivity index (χ1v) is 7.77. The molecule has 0 amide bonds. The minimum absolute atomic E-state index is 0.577. The fourth-order valence-corrected chi connectivity index (χ4v) is 2.88. The Hall–Kier alpha value is -1.26. The van der Waals surface area contributed by atoms with E-state index in [1.54, 1.807) is 12.1 Å². The molecule has 1 aromatic rings. The standard InChI is InChI=1S/C16H22ClNO3/c1-16(15(19)20)9-2-3-10-18(16)11-4-12-21-14-7-5-13(17)6-8-14/h5-8H,2-4,9-12H2,1H3,(H,19,20). The summed E-state index contributed by atoms with van der Waals surface area (Å²) in [7, 11) is 0. The van der Waals surface area contributed by atoms with E-state index in [4.69, 9.17) is 16.3 Å². The molecule has 1 N–H and O–H groups in total. The topological polar surface area (TPSA) is 49.8 Å². The van der Waals surface area contributed by atoms with Gasteiger partial charge in [0.1, 0.15) is 11.3 Å². The number of nitrogens with zero attached hydrogens (tertiary/aromatic N) is 1. The van der Waals surface area contributed by atoms with Crippen molar-refractivity contribution in [3.05, 3.63) is 29.3 Å². The van der Waals surface area contributed by atoms with Crippen LogP contribution in [0.1, 0.15) is 32.6 Å². The Kier molecular flexibility index (Phi) is 5.48. The highest BCUT2D eigenvalue weighted by Crippen LogP contribution is 2.28. The fourth-order valence-electron chi connectivity index (χ4n) is 2.75. The average Bonchev–Trinajstić information content (AvgIpc) is 2.47. The summed E-state index contributed by atoms with van der Waals surface area (Å²) in [5.74, 6) is 0.0693. The van der Waals surface area contributed by atoms with Gasteiger partial charge in [-0.05, 0) is 63.4 Å². The molecular weight excluding hydrogens is 290 g/mol. The van der Waals surface area contributed by atoms with Crippen molar-refractivity contribution in [2.24, 2.45) is 0 Å². The second kappa shape index (κ2) is 7.14. The molecule has 0 aliphatic carbocycles. The third-order valence-electron chi connectivity index (χ3n) is 4.16. The second-order valence-electron chi connectivity index (χ2n) is 5.68. The predicted octanol–water partition coefficient (Wildman–Crippen LogP) is 3.44. The molecule has 5 heteroatoms. The summed E-state index contributed by atoms with van der Waals surface area (Å²) in [5, 5.41) is 10.1. The number of hydrogen-bond donors (Lipinski definition) is 1. The first-order valence-electron chi connectivity index (χ1n) is 7.39. The molecule has 1 atom stereocenters. The molecule has 0 spiro atoms. The maximum Gasteiger partial charge on any atom is 0.323 e. The van der Waals surface area contributed by atoms with Crippen LogP contribution in [0.3, 0.4) is 0 Å². The summed E-state index contributed by atoms with van der Waals surface area (Å²) in [5.41, 5.74) is -0.724. The van der Waals surface area contributed by atoms with Crippen molar-refractivity contribution in [1.82, 2.24) is 4.90 Å². The van der Waals surface area contributed by atoms with Crippen LogP contribution in [0.2, 0.25) is 5.02 Å². The molecule has 21 heavy (non-hydrogen) atoms. The van der Waals surface area contributed by atoms with Crippen LogP contribution in [-0.4, -0.2) is 41.2 Å². The largest absolute Gasteiger partial charge is 0.494 e. The number of carbonyl (C=O) groups is 1. The number of carboxylic acid groups (broad SMARTS) is 1. The Morgan fingerprint density at radius 3 is 2.76 bits per heavy atom. The summed E-state index contributed by atoms with van der Waals surface area (Å²) in [4.78, 5) is 13.6. The lowest BCUT2D eigenvalue weighted by Gasteiger charge is -2.41. The lowest BCUT2D eigenvalue weighted by atomic mass is 9.88. The molecule has 116 valence electrons. The van der Waals surface area contributed by atoms with Gasteiger partial charge in [0, 0.05) is 11.6 Å². The molecule has 1 saturated heterocycles. The Balaban J connectivity index is 1.79. The Morgan fingerprint density at radius 1 is 1.38 bits per heavy atom. The number of halogens is 1. The zero-order chi connectivity index (χ0) is 15.3. The zero-order valence-corrected chi connectivity index (χ0v) is 13.1. The molecule has 0 saturated carbocycles. The van der Waals surface area contributed by atoms with Crippen molar-refractivity contribution in [3.63, 3.8) is 0 Å². The molecule has 1 aromatic carbocycles. The first kappa shape index (κ1) is 16.1. The van der Waals surface area contributed by atoms with Crippen molar-refractivity contribution < 1.29 is 14.6 Å². The van der Waals surface area contributed by atoms with Crippen LogP contribution in [0.25, 0.3) is 0 Å². The summed E-state index contributed by atoms with van der Waals surface area (Å²) in [6.45, 7) is 4.00. The molecule has 1 heterocycles. The molecule has 1 aliphatic rings. The number of ether oxygens (including phenoxy) is 1. The summed E-state index contributed by atoms with van der Waals surface area (Å²) in [6.07, 6.45) is 3.59. The Morgan fingerprint density at radius 2 is 2.10 bits per heavy atom. The fraction of sp³-hybridized carbons (Fsp3) is 0.562. The van der Waals surface area contributed by atoms with Gasteiger partial charge in [0.25, 0.3) is 0 Å². The predicted molar refractivity (Wildman–Crippen MR) is 83.0 cm³/mol. The van der Waals surface area contributed by atoms with E-state index in [2.05, 4.69) is 4.90 Å². The van der Waals surface area contributed by atoms with Gasteiger partial charge in [-0.3, -0.25) is 9.69 Å². The van der Waals surface area contributed by atoms with Crippen molar-refractivity contribution in [2.75, 3.05) is 19.7 Å². The van der Waals surface area contributed by atoms with E-state index in [0.717, 1.165) is 44.5 Å². The number of likely N-dealkylation sites (tertiary alicyclic amines) is 1. The molecule has 1 unspecified atom stereocenters. The van der Waals surface area contributed by atoms with Gasteiger partial charge in [0.2, 0.25) is 0 Å². The number of rotatable bonds is 6. The SMILES string of the molecule is CC1(C(=O)O)CCCCN1CCCOc1ccc(Cl)cc1. The third-order valence-corrected chi connectivity index (χ3v) is 4.41. The van der Waals surface area contributed by atoms with Gasteiger partial charge in [0.05, 0.1) is 6.61 Å². The van der Waals surface area contributed by atoms with E-state index in [1.165, 1.54) is 0 Å². The lowest BCUT2D eigenvalue weighted by molar-refractivity contribution is -0.153. The van der Waals surface area contributed by atoms with Crippen LogP contribution in [-0.2, 0) is 4.79 Å². The number of piperidine rings is 1. The maximum absolute atomic E-state index is 11.5. The number of hydrogen-bond acceptors (Lipinski definition) is 3. The van der Waals surface area contributed by atoms with Crippen molar-refractivity contribution >= 4 is 17.6 Å². The van der Waals surface area contributed by atoms with Gasteiger partial charge >= 0.3 is 5.97 Å². The van der Waals surface area contributed by atoms with Gasteiger partial charge in [0.15, 0.2) is 0 Å². The second-order valence-corrected chi connectivity index (χ2v) is 6.12. The lowest BCUT2D eigenvalue weighted by Crippen LogP contribution is -2.55. The minimum Gasteiger partial charge on any atom is -0.494 e. The highest BCUT2D eigenvalue weighted by molar-refractivity contribution is 6.30. The molecule has 4 nitrogen and oxygen atoms in total. The smallest absolute Gasteiger partial charge is 0.323 e. The zero-order valence-electron chi connectivity index (χ0n) is 12.3. The van der Waals surface area contributed by atoms with Crippen molar-refractivity contribution in [2.45, 2.75) is 38.1 Å². The van der Waals surface area contributed by atoms with Gasteiger partial charge in [-0.25, -0.2) is 0 Å². The highest BCUT2D eigenvalue weighted by atomic mass is 35.5. The molecule has 0 aromatic heterocycles. The monoisotopic (exact) mass is 311 g/mol. The number of benzene rings is 1. The molecular formula is C16H22ClNO3. The molecule has 2 rings (SSSR count). The molecule has 1 aliphatic heterocycles. The average molecular weight is 312 g/mol. The van der Waals surface area contributed by atoms with E-state index >= 15 is 0 Å². The number of aliphatic carboxylic acids is 1. The first-order chi connectivity index (χ1) is 10.0. The third kappa shape index (κ3) is 4.11.